The molecule has 1 aromatic carbocycles. The van der Waals surface area contributed by atoms with Crippen molar-refractivity contribution >= 4 is 29.9 Å². The number of ether oxygens (including phenoxy) is 2. The van der Waals surface area contributed by atoms with Gasteiger partial charge < -0.3 is 19.0 Å². The molecule has 3 rings (SSSR count). The number of hydrogen-bond donors (Lipinski definition) is 2. The van der Waals surface area contributed by atoms with Crippen LogP contribution in [0.15, 0.2) is 46.6 Å². The molecule has 10 nitrogen and oxygen atoms in total. The van der Waals surface area contributed by atoms with Gasteiger partial charge in [0.25, 0.3) is 11.8 Å². The first-order valence-corrected chi connectivity index (χ1v) is 8.33. The van der Waals surface area contributed by atoms with E-state index in [0.717, 1.165) is 4.90 Å². The van der Waals surface area contributed by atoms with Gasteiger partial charge in [-0.2, -0.15) is 0 Å². The van der Waals surface area contributed by atoms with Crippen LogP contribution in [0.1, 0.15) is 11.3 Å². The van der Waals surface area contributed by atoms with Crippen molar-refractivity contribution in [3.05, 3.63) is 53.5 Å². The Morgan fingerprint density at radius 1 is 1.24 bits per heavy atom. The molecular formula is C19H16N2O8. The Kier molecular flexibility index (Phi) is 5.63. The highest BCUT2D eigenvalue weighted by Crippen LogP contribution is 2.29. The zero-order valence-corrected chi connectivity index (χ0v) is 15.2. The van der Waals surface area contributed by atoms with E-state index < -0.39 is 30.4 Å². The summed E-state index contributed by atoms with van der Waals surface area (Å²) in [4.78, 5) is 48.4. The number of barbiturate groups is 1. The van der Waals surface area contributed by atoms with E-state index in [0.29, 0.717) is 11.3 Å². The predicted octanol–water partition coefficient (Wildman–Crippen LogP) is 1.41. The molecule has 0 saturated carbocycles. The molecule has 29 heavy (non-hydrogen) atoms. The lowest BCUT2D eigenvalue weighted by Gasteiger charge is -2.25. The molecule has 4 amide bonds. The number of furan rings is 1. The number of urea groups is 1. The number of carbonyl (C=O) groups excluding carboxylic acids is 3. The smallest absolute Gasteiger partial charge is 0.341 e. The van der Waals surface area contributed by atoms with E-state index >= 15 is 0 Å². The van der Waals surface area contributed by atoms with Crippen LogP contribution in [0.25, 0.3) is 6.08 Å². The first-order chi connectivity index (χ1) is 13.9. The molecule has 0 radical (unpaired) electrons. The maximum Gasteiger partial charge on any atom is 0.341 e. The molecule has 2 N–H and O–H groups in total. The summed E-state index contributed by atoms with van der Waals surface area (Å²) in [6, 6.07) is 6.80. The summed E-state index contributed by atoms with van der Waals surface area (Å²) in [7, 11) is 1.36. The monoisotopic (exact) mass is 400 g/mol. The van der Waals surface area contributed by atoms with Crippen molar-refractivity contribution in [2.24, 2.45) is 0 Å². The molecule has 0 bridgehead atoms. The molecule has 2 heterocycles. The number of methoxy groups -OCH3 is 1. The normalized spacial score (nSPS) is 15.4. The number of nitrogens with one attached hydrogen (secondary N) is 1. The summed E-state index contributed by atoms with van der Waals surface area (Å²) in [5.74, 6) is -1.98. The lowest BCUT2D eigenvalue weighted by molar-refractivity contribution is -0.139. The number of nitrogens with zero attached hydrogens (tertiary/aromatic N) is 1. The minimum Gasteiger partial charge on any atom is -0.493 e. The van der Waals surface area contributed by atoms with Crippen LogP contribution >= 0.6 is 0 Å². The van der Waals surface area contributed by atoms with Crippen molar-refractivity contribution in [2.45, 2.75) is 6.54 Å². The Morgan fingerprint density at radius 3 is 2.69 bits per heavy atom. The molecule has 150 valence electrons. The van der Waals surface area contributed by atoms with Crippen LogP contribution in [0.5, 0.6) is 11.5 Å². The fraction of sp³-hybridized carbons (Fsp3) is 0.158. The maximum absolute atomic E-state index is 12.7. The average molecular weight is 400 g/mol. The second kappa shape index (κ2) is 8.30. The van der Waals surface area contributed by atoms with Gasteiger partial charge in [-0.05, 0) is 35.9 Å². The van der Waals surface area contributed by atoms with Gasteiger partial charge in [-0.25, -0.2) is 9.59 Å². The zero-order chi connectivity index (χ0) is 21.0. The van der Waals surface area contributed by atoms with Crippen LogP contribution in [0.4, 0.5) is 4.79 Å². The number of rotatable bonds is 7. The molecule has 1 aromatic heterocycles. The van der Waals surface area contributed by atoms with Gasteiger partial charge in [0, 0.05) is 0 Å². The quantitative estimate of drug-likeness (QED) is 0.526. The standard InChI is InChI=1S/C19H16N2O8/c1-27-15-8-11(4-5-14(15)29-10-16(22)23)7-13-17(24)20-19(26)21(18(13)25)9-12-3-2-6-28-12/h2-8H,9-10H2,1H3,(H,22,23)(H,20,24,26)/b13-7+. The van der Waals surface area contributed by atoms with Crippen LogP contribution in [-0.2, 0) is 20.9 Å². The highest BCUT2D eigenvalue weighted by atomic mass is 16.5. The molecule has 1 saturated heterocycles. The Balaban J connectivity index is 1.87. The summed E-state index contributed by atoms with van der Waals surface area (Å²) in [6.07, 6.45) is 2.70. The average Bonchev–Trinajstić information content (AvgIpc) is 3.20. The molecule has 0 unspecified atom stereocenters. The molecule has 0 spiro atoms. The van der Waals surface area contributed by atoms with Gasteiger partial charge in [-0.1, -0.05) is 6.07 Å². The molecule has 1 aliphatic rings. The predicted molar refractivity (Wildman–Crippen MR) is 96.9 cm³/mol. The Hall–Kier alpha value is -4.08. The third-order valence-electron chi connectivity index (χ3n) is 3.93. The number of aliphatic carboxylic acids is 1. The SMILES string of the molecule is COc1cc(/C=C2\C(=O)NC(=O)N(Cc3ccco3)C2=O)ccc1OCC(=O)O. The van der Waals surface area contributed by atoms with Crippen molar-refractivity contribution in [1.82, 2.24) is 10.2 Å². The number of imide groups is 2. The summed E-state index contributed by atoms with van der Waals surface area (Å²) >= 11 is 0. The van der Waals surface area contributed by atoms with Gasteiger partial charge in [0.15, 0.2) is 18.1 Å². The molecule has 0 aliphatic carbocycles. The Morgan fingerprint density at radius 2 is 2.03 bits per heavy atom. The van der Waals surface area contributed by atoms with Crippen molar-refractivity contribution < 1.29 is 38.2 Å². The molecule has 10 heteroatoms. The minimum atomic E-state index is -1.15. The van der Waals surface area contributed by atoms with Gasteiger partial charge >= 0.3 is 12.0 Å². The van der Waals surface area contributed by atoms with E-state index in [-0.39, 0.29) is 23.6 Å². The second-order valence-corrected chi connectivity index (χ2v) is 5.88. The van der Waals surface area contributed by atoms with Crippen molar-refractivity contribution in [3.63, 3.8) is 0 Å². The zero-order valence-electron chi connectivity index (χ0n) is 15.2. The van der Waals surface area contributed by atoms with E-state index in [2.05, 4.69) is 5.32 Å². The summed E-state index contributed by atoms with van der Waals surface area (Å²) in [5.41, 5.74) is 0.160. The topological polar surface area (TPSA) is 135 Å². The number of amides is 4. The van der Waals surface area contributed by atoms with E-state index in [1.807, 2.05) is 0 Å². The van der Waals surface area contributed by atoms with Gasteiger partial charge in [-0.3, -0.25) is 19.8 Å². The third-order valence-corrected chi connectivity index (χ3v) is 3.93. The van der Waals surface area contributed by atoms with Crippen LogP contribution in [0.3, 0.4) is 0 Å². The maximum atomic E-state index is 12.7. The number of hydrogen-bond acceptors (Lipinski definition) is 7. The van der Waals surface area contributed by atoms with Gasteiger partial charge in [-0.15, -0.1) is 0 Å². The summed E-state index contributed by atoms with van der Waals surface area (Å²) in [6.45, 7) is -0.685. The van der Waals surface area contributed by atoms with Crippen molar-refractivity contribution in [1.29, 1.82) is 0 Å². The number of carboxylic acids is 1. The molecule has 2 aromatic rings. The summed E-state index contributed by atoms with van der Waals surface area (Å²) in [5, 5.41) is 10.8. The van der Waals surface area contributed by atoms with Crippen LogP contribution in [-0.4, -0.2) is 47.5 Å². The van der Waals surface area contributed by atoms with E-state index in [9.17, 15) is 19.2 Å². The van der Waals surface area contributed by atoms with Gasteiger partial charge in [0.1, 0.15) is 11.3 Å². The van der Waals surface area contributed by atoms with Gasteiger partial charge in [0.05, 0.1) is 19.9 Å². The fourth-order valence-electron chi connectivity index (χ4n) is 2.60. The largest absolute Gasteiger partial charge is 0.493 e. The minimum absolute atomic E-state index is 0.131. The van der Waals surface area contributed by atoms with Crippen molar-refractivity contribution in [2.75, 3.05) is 13.7 Å². The molecule has 0 atom stereocenters. The van der Waals surface area contributed by atoms with Crippen LogP contribution in [0, 0.1) is 0 Å². The van der Waals surface area contributed by atoms with E-state index in [4.69, 9.17) is 19.0 Å². The highest BCUT2D eigenvalue weighted by Gasteiger charge is 2.36. The molecule has 1 fully saturated rings. The Labute approximate surface area is 164 Å². The lowest BCUT2D eigenvalue weighted by Crippen LogP contribution is -2.53. The molecular weight excluding hydrogens is 384 g/mol. The number of carbonyl (C=O) groups is 4. The molecule has 1 aliphatic heterocycles. The first kappa shape index (κ1) is 19.7. The third kappa shape index (κ3) is 4.43. The van der Waals surface area contributed by atoms with Crippen molar-refractivity contribution in [3.8, 4) is 11.5 Å². The number of carboxylic acid groups (broad SMARTS) is 1. The van der Waals surface area contributed by atoms with E-state index in [1.54, 1.807) is 12.1 Å². The second-order valence-electron chi connectivity index (χ2n) is 5.88. The highest BCUT2D eigenvalue weighted by molar-refractivity contribution is 6.30. The fourth-order valence-corrected chi connectivity index (χ4v) is 2.60. The number of benzene rings is 1. The van der Waals surface area contributed by atoms with Crippen LogP contribution < -0.4 is 14.8 Å². The first-order valence-electron chi connectivity index (χ1n) is 8.33. The van der Waals surface area contributed by atoms with Crippen LogP contribution in [0.2, 0.25) is 0 Å². The van der Waals surface area contributed by atoms with E-state index in [1.165, 1.54) is 37.6 Å². The van der Waals surface area contributed by atoms with Gasteiger partial charge in [0.2, 0.25) is 0 Å². The lowest BCUT2D eigenvalue weighted by atomic mass is 10.1. The summed E-state index contributed by atoms with van der Waals surface area (Å²) < 4.78 is 15.4. The Bertz CT molecular complexity index is 994.